The van der Waals surface area contributed by atoms with Crippen molar-refractivity contribution in [1.29, 1.82) is 0 Å². The van der Waals surface area contributed by atoms with Crippen molar-refractivity contribution in [2.45, 2.75) is 38.6 Å². The summed E-state index contributed by atoms with van der Waals surface area (Å²) in [5.41, 5.74) is 0. The van der Waals surface area contributed by atoms with E-state index in [1.165, 1.54) is 0 Å². The summed E-state index contributed by atoms with van der Waals surface area (Å²) in [5, 5.41) is 0. The zero-order valence-corrected chi connectivity index (χ0v) is 12.8. The second-order valence-corrected chi connectivity index (χ2v) is 7.45. The SMILES string of the molecule is CC(C)OCCS(=O)(=O)NCC(Br)C(C)C. The topological polar surface area (TPSA) is 55.4 Å². The number of rotatable bonds is 8. The molecule has 6 heteroatoms. The lowest BCUT2D eigenvalue weighted by Gasteiger charge is -2.15. The smallest absolute Gasteiger partial charge is 0.213 e. The van der Waals surface area contributed by atoms with Gasteiger partial charge in [-0.3, -0.25) is 0 Å². The van der Waals surface area contributed by atoms with Crippen molar-refractivity contribution in [2.75, 3.05) is 18.9 Å². The third kappa shape index (κ3) is 8.50. The Kier molecular flexibility index (Phi) is 7.80. The van der Waals surface area contributed by atoms with Crippen LogP contribution in [0.5, 0.6) is 0 Å². The number of hydrogen-bond acceptors (Lipinski definition) is 3. The molecule has 0 bridgehead atoms. The maximum Gasteiger partial charge on any atom is 0.213 e. The number of hydrogen-bond donors (Lipinski definition) is 1. The summed E-state index contributed by atoms with van der Waals surface area (Å²) in [4.78, 5) is 0.160. The Morgan fingerprint density at radius 2 is 1.81 bits per heavy atom. The molecule has 4 nitrogen and oxygen atoms in total. The van der Waals surface area contributed by atoms with Crippen molar-refractivity contribution in [3.8, 4) is 0 Å². The Morgan fingerprint density at radius 3 is 2.25 bits per heavy atom. The molecule has 0 aliphatic rings. The molecule has 0 aromatic heterocycles. The van der Waals surface area contributed by atoms with Crippen molar-refractivity contribution < 1.29 is 13.2 Å². The molecule has 0 aromatic carbocycles. The van der Waals surface area contributed by atoms with Crippen LogP contribution in [0.3, 0.4) is 0 Å². The van der Waals surface area contributed by atoms with Gasteiger partial charge in [0.05, 0.1) is 18.5 Å². The highest BCUT2D eigenvalue weighted by Gasteiger charge is 2.15. The molecule has 0 aliphatic carbocycles. The molecule has 0 aliphatic heterocycles. The zero-order chi connectivity index (χ0) is 12.8. The van der Waals surface area contributed by atoms with E-state index in [4.69, 9.17) is 4.74 Å². The third-order valence-corrected chi connectivity index (χ3v) is 4.72. The van der Waals surface area contributed by atoms with Gasteiger partial charge in [0.15, 0.2) is 0 Å². The molecular formula is C10H22BrNO3S. The second kappa shape index (κ2) is 7.63. The summed E-state index contributed by atoms with van der Waals surface area (Å²) in [6.45, 7) is 8.50. The molecule has 0 fully saturated rings. The highest BCUT2D eigenvalue weighted by atomic mass is 79.9. The summed E-state index contributed by atoms with van der Waals surface area (Å²) in [6, 6.07) is 0. The Hall–Kier alpha value is 0.350. The minimum Gasteiger partial charge on any atom is -0.378 e. The van der Waals surface area contributed by atoms with Crippen LogP contribution in [-0.2, 0) is 14.8 Å². The van der Waals surface area contributed by atoms with Gasteiger partial charge in [-0.2, -0.15) is 0 Å². The summed E-state index contributed by atoms with van der Waals surface area (Å²) in [7, 11) is -3.21. The quantitative estimate of drug-likeness (QED) is 0.694. The van der Waals surface area contributed by atoms with E-state index in [2.05, 4.69) is 20.7 Å². The molecule has 0 saturated heterocycles. The van der Waals surface area contributed by atoms with Gasteiger partial charge in [-0.25, -0.2) is 13.1 Å². The van der Waals surface area contributed by atoms with Crippen LogP contribution in [0.1, 0.15) is 27.7 Å². The normalized spacial score (nSPS) is 14.7. The highest BCUT2D eigenvalue weighted by Crippen LogP contribution is 2.10. The third-order valence-electron chi connectivity index (χ3n) is 2.02. The number of nitrogens with one attached hydrogen (secondary N) is 1. The van der Waals surface area contributed by atoms with Crippen LogP contribution < -0.4 is 4.72 Å². The first kappa shape index (κ1) is 16.4. The predicted octanol–water partition coefficient (Wildman–Crippen LogP) is 1.75. The summed E-state index contributed by atoms with van der Waals surface area (Å²) >= 11 is 3.43. The number of sulfonamides is 1. The number of halogens is 1. The first-order chi connectivity index (χ1) is 7.24. The predicted molar refractivity (Wildman–Crippen MR) is 70.4 cm³/mol. The molecule has 0 radical (unpaired) electrons. The molecule has 0 spiro atoms. The van der Waals surface area contributed by atoms with Gasteiger partial charge in [0.1, 0.15) is 0 Å². The fraction of sp³-hybridized carbons (Fsp3) is 1.00. The van der Waals surface area contributed by atoms with E-state index < -0.39 is 10.0 Å². The van der Waals surface area contributed by atoms with Gasteiger partial charge in [0.2, 0.25) is 10.0 Å². The van der Waals surface area contributed by atoms with E-state index in [1.807, 2.05) is 27.7 Å². The first-order valence-corrected chi connectivity index (χ1v) is 8.04. The number of alkyl halides is 1. The van der Waals surface area contributed by atoms with Gasteiger partial charge in [0.25, 0.3) is 0 Å². The van der Waals surface area contributed by atoms with Gasteiger partial charge in [-0.05, 0) is 19.8 Å². The van der Waals surface area contributed by atoms with Crippen molar-refractivity contribution >= 4 is 26.0 Å². The van der Waals surface area contributed by atoms with Crippen LogP contribution in [0.25, 0.3) is 0 Å². The average Bonchev–Trinajstić information content (AvgIpc) is 2.13. The van der Waals surface area contributed by atoms with E-state index in [1.54, 1.807) is 0 Å². The van der Waals surface area contributed by atoms with Crippen LogP contribution in [0.4, 0.5) is 0 Å². The van der Waals surface area contributed by atoms with E-state index in [0.717, 1.165) is 0 Å². The van der Waals surface area contributed by atoms with Gasteiger partial charge >= 0.3 is 0 Å². The Bertz CT molecular complexity index is 278. The maximum atomic E-state index is 11.5. The van der Waals surface area contributed by atoms with Crippen molar-refractivity contribution in [1.82, 2.24) is 4.72 Å². The number of ether oxygens (including phenoxy) is 1. The molecule has 0 aromatic rings. The van der Waals surface area contributed by atoms with E-state index in [0.29, 0.717) is 12.5 Å². The Labute approximate surface area is 107 Å². The lowest BCUT2D eigenvalue weighted by Crippen LogP contribution is -2.34. The van der Waals surface area contributed by atoms with Crippen LogP contribution in [-0.4, -0.2) is 38.3 Å². The highest BCUT2D eigenvalue weighted by molar-refractivity contribution is 9.09. The Balaban J connectivity index is 3.88. The molecule has 0 saturated carbocycles. The molecule has 0 amide bonds. The minimum absolute atomic E-state index is 0.0169. The van der Waals surface area contributed by atoms with Crippen molar-refractivity contribution in [3.63, 3.8) is 0 Å². The molecular weight excluding hydrogens is 294 g/mol. The van der Waals surface area contributed by atoms with Gasteiger partial charge in [0, 0.05) is 11.4 Å². The molecule has 98 valence electrons. The fourth-order valence-electron chi connectivity index (χ4n) is 0.908. The monoisotopic (exact) mass is 315 g/mol. The summed E-state index contributed by atoms with van der Waals surface area (Å²) in [5.74, 6) is 0.415. The standard InChI is InChI=1S/C10H22BrNO3S/c1-8(2)10(11)7-12-16(13,14)6-5-15-9(3)4/h8-10,12H,5-7H2,1-4H3. The average molecular weight is 316 g/mol. The molecule has 1 N–H and O–H groups in total. The molecule has 1 atom stereocenters. The largest absolute Gasteiger partial charge is 0.378 e. The van der Waals surface area contributed by atoms with Gasteiger partial charge < -0.3 is 4.74 Å². The van der Waals surface area contributed by atoms with Crippen LogP contribution >= 0.6 is 15.9 Å². The van der Waals surface area contributed by atoms with Crippen molar-refractivity contribution in [3.05, 3.63) is 0 Å². The Morgan fingerprint density at radius 1 is 1.25 bits per heavy atom. The summed E-state index contributed by atoms with van der Waals surface area (Å²) in [6.07, 6.45) is 0.0646. The van der Waals surface area contributed by atoms with Crippen LogP contribution in [0, 0.1) is 5.92 Å². The molecule has 16 heavy (non-hydrogen) atoms. The van der Waals surface area contributed by atoms with E-state index in [9.17, 15) is 8.42 Å². The van der Waals surface area contributed by atoms with E-state index in [-0.39, 0.29) is 23.3 Å². The van der Waals surface area contributed by atoms with Crippen LogP contribution in [0.15, 0.2) is 0 Å². The van der Waals surface area contributed by atoms with Crippen LogP contribution in [0.2, 0.25) is 0 Å². The van der Waals surface area contributed by atoms with Crippen molar-refractivity contribution in [2.24, 2.45) is 5.92 Å². The van der Waals surface area contributed by atoms with Gasteiger partial charge in [-0.15, -0.1) is 0 Å². The maximum absolute atomic E-state index is 11.5. The van der Waals surface area contributed by atoms with Gasteiger partial charge in [-0.1, -0.05) is 29.8 Å². The first-order valence-electron chi connectivity index (χ1n) is 5.47. The minimum atomic E-state index is -3.21. The lowest BCUT2D eigenvalue weighted by molar-refractivity contribution is 0.0911. The second-order valence-electron chi connectivity index (χ2n) is 4.35. The zero-order valence-electron chi connectivity index (χ0n) is 10.4. The fourth-order valence-corrected chi connectivity index (χ4v) is 2.18. The molecule has 1 unspecified atom stereocenters. The molecule has 0 heterocycles. The summed E-state index contributed by atoms with van der Waals surface area (Å²) < 4.78 is 30.8. The van der Waals surface area contributed by atoms with E-state index >= 15 is 0 Å². The lowest BCUT2D eigenvalue weighted by atomic mass is 10.1. The molecule has 0 rings (SSSR count).